The number of rotatable bonds is 5. The Balaban J connectivity index is 2.72. The van der Waals surface area contributed by atoms with Crippen LogP contribution in [-0.4, -0.2) is 37.4 Å². The molecule has 0 bridgehead atoms. The summed E-state index contributed by atoms with van der Waals surface area (Å²) in [5, 5.41) is 11.3. The minimum absolute atomic E-state index is 0.0843. The summed E-state index contributed by atoms with van der Waals surface area (Å²) in [4.78, 5) is 22.2. The Morgan fingerprint density at radius 3 is 2.47 bits per heavy atom. The third-order valence-corrected chi connectivity index (χ3v) is 3.79. The molecule has 19 heavy (non-hydrogen) atoms. The van der Waals surface area contributed by atoms with Crippen LogP contribution in [0, 0.1) is 0 Å². The van der Waals surface area contributed by atoms with E-state index in [0.29, 0.717) is 10.2 Å². The van der Waals surface area contributed by atoms with Gasteiger partial charge in [0.25, 0.3) is 0 Å². The number of nitrogens with one attached hydrogen (secondary N) is 1. The molecule has 0 aliphatic heterocycles. The van der Waals surface area contributed by atoms with Crippen molar-refractivity contribution in [2.45, 2.75) is 6.42 Å². The number of carbonyl (C=O) groups is 2. The van der Waals surface area contributed by atoms with Crippen LogP contribution in [0.25, 0.3) is 0 Å². The Kier molecular flexibility index (Phi) is 5.07. The molecule has 0 atom stereocenters. The van der Waals surface area contributed by atoms with Crippen LogP contribution in [0.3, 0.4) is 0 Å². The van der Waals surface area contributed by atoms with Gasteiger partial charge >= 0.3 is 5.97 Å². The Hall–Kier alpha value is -1.41. The average Bonchev–Trinajstić information content (AvgIpc) is 2.28. The third-order valence-electron chi connectivity index (χ3n) is 2.19. The molecule has 8 heteroatoms. The maximum atomic E-state index is 11.5. The monoisotopic (exact) mass is 349 g/mol. The fourth-order valence-electron chi connectivity index (χ4n) is 1.24. The number of carboxylic acid groups (broad SMARTS) is 1. The summed E-state index contributed by atoms with van der Waals surface area (Å²) >= 11 is 3.14. The highest BCUT2D eigenvalue weighted by Crippen LogP contribution is 2.23. The van der Waals surface area contributed by atoms with Gasteiger partial charge in [-0.3, -0.25) is 4.79 Å². The molecule has 0 aromatic heterocycles. The molecule has 1 aromatic rings. The molecule has 0 unspecified atom stereocenters. The molecule has 0 spiro atoms. The van der Waals surface area contributed by atoms with Gasteiger partial charge in [0.05, 0.1) is 17.0 Å². The highest BCUT2D eigenvalue weighted by Gasteiger charge is 2.11. The highest BCUT2D eigenvalue weighted by molar-refractivity contribution is 9.10. The summed E-state index contributed by atoms with van der Waals surface area (Å²) in [5.41, 5.74) is 0.476. The van der Waals surface area contributed by atoms with Crippen LogP contribution in [0.5, 0.6) is 0 Å². The van der Waals surface area contributed by atoms with Crippen molar-refractivity contribution in [1.82, 2.24) is 0 Å². The zero-order chi connectivity index (χ0) is 14.6. The lowest BCUT2D eigenvalue weighted by Gasteiger charge is -2.07. The number of hydrogen-bond donors (Lipinski definition) is 2. The Morgan fingerprint density at radius 1 is 1.37 bits per heavy atom. The highest BCUT2D eigenvalue weighted by atomic mass is 79.9. The number of sulfone groups is 1. The molecule has 1 amide bonds. The van der Waals surface area contributed by atoms with E-state index in [1.807, 2.05) is 0 Å². The molecule has 0 saturated heterocycles. The molecular formula is C11H12BrNO5S. The van der Waals surface area contributed by atoms with E-state index in [4.69, 9.17) is 5.11 Å². The van der Waals surface area contributed by atoms with Crippen LogP contribution in [0.4, 0.5) is 5.69 Å². The molecule has 0 saturated carbocycles. The largest absolute Gasteiger partial charge is 0.478 e. The number of amides is 1. The van der Waals surface area contributed by atoms with Crippen molar-refractivity contribution in [3.63, 3.8) is 0 Å². The maximum Gasteiger partial charge on any atom is 0.335 e. The van der Waals surface area contributed by atoms with E-state index in [-0.39, 0.29) is 17.7 Å². The molecule has 6 nitrogen and oxygen atoms in total. The average molecular weight is 350 g/mol. The van der Waals surface area contributed by atoms with Gasteiger partial charge in [0.15, 0.2) is 0 Å². The third kappa shape index (κ3) is 5.39. The second-order valence-corrected chi connectivity index (χ2v) is 7.04. The molecule has 0 radical (unpaired) electrons. The number of halogens is 1. The number of carbonyl (C=O) groups excluding carboxylic acids is 1. The van der Waals surface area contributed by atoms with Crippen LogP contribution >= 0.6 is 15.9 Å². The van der Waals surface area contributed by atoms with Crippen molar-refractivity contribution in [2.24, 2.45) is 0 Å². The Labute approximate surface area is 118 Å². The maximum absolute atomic E-state index is 11.5. The number of carboxylic acids is 1. The van der Waals surface area contributed by atoms with Crippen LogP contribution in [-0.2, 0) is 14.6 Å². The summed E-state index contributed by atoms with van der Waals surface area (Å²) in [6.45, 7) is 0. The number of anilines is 1. The van der Waals surface area contributed by atoms with E-state index in [2.05, 4.69) is 21.2 Å². The van der Waals surface area contributed by atoms with Crippen molar-refractivity contribution >= 4 is 43.3 Å². The van der Waals surface area contributed by atoms with Crippen molar-refractivity contribution in [3.05, 3.63) is 28.2 Å². The standard InChI is InChI=1S/C11H12BrNO5S/c1-19(17,18)5-4-10(14)13-9-3-2-7(11(15)16)6-8(9)12/h2-3,6H,4-5H2,1H3,(H,13,14)(H,15,16). The summed E-state index contributed by atoms with van der Waals surface area (Å²) in [5.74, 6) is -1.76. The predicted molar refractivity (Wildman–Crippen MR) is 74.1 cm³/mol. The van der Waals surface area contributed by atoms with Crippen molar-refractivity contribution in [2.75, 3.05) is 17.3 Å². The SMILES string of the molecule is CS(=O)(=O)CCC(=O)Nc1ccc(C(=O)O)cc1Br. The summed E-state index contributed by atoms with van der Waals surface area (Å²) in [7, 11) is -3.19. The fraction of sp³-hybridized carbons (Fsp3) is 0.273. The quantitative estimate of drug-likeness (QED) is 0.839. The van der Waals surface area contributed by atoms with Gasteiger partial charge in [-0.1, -0.05) is 0 Å². The number of benzene rings is 1. The van der Waals surface area contributed by atoms with Crippen LogP contribution < -0.4 is 5.32 Å². The van der Waals surface area contributed by atoms with Gasteiger partial charge in [0, 0.05) is 17.1 Å². The first-order valence-electron chi connectivity index (χ1n) is 5.19. The van der Waals surface area contributed by atoms with Crippen LogP contribution in [0.2, 0.25) is 0 Å². The molecule has 0 aliphatic rings. The minimum Gasteiger partial charge on any atom is -0.478 e. The van der Waals surface area contributed by atoms with Crippen molar-refractivity contribution < 1.29 is 23.1 Å². The lowest BCUT2D eigenvalue weighted by atomic mass is 10.2. The van der Waals surface area contributed by atoms with Gasteiger partial charge in [-0.2, -0.15) is 0 Å². The molecule has 0 heterocycles. The predicted octanol–water partition coefficient (Wildman–Crippen LogP) is 1.52. The van der Waals surface area contributed by atoms with E-state index >= 15 is 0 Å². The van der Waals surface area contributed by atoms with Gasteiger partial charge in [0.1, 0.15) is 9.84 Å². The minimum atomic E-state index is -3.19. The summed E-state index contributed by atoms with van der Waals surface area (Å²) in [6, 6.07) is 4.14. The van der Waals surface area contributed by atoms with E-state index in [9.17, 15) is 18.0 Å². The lowest BCUT2D eigenvalue weighted by Crippen LogP contribution is -2.16. The fourth-order valence-corrected chi connectivity index (χ4v) is 2.27. The first-order valence-corrected chi connectivity index (χ1v) is 8.05. The van der Waals surface area contributed by atoms with E-state index in [0.717, 1.165) is 6.26 Å². The van der Waals surface area contributed by atoms with Gasteiger partial charge in [-0.05, 0) is 34.1 Å². The lowest BCUT2D eigenvalue weighted by molar-refractivity contribution is -0.115. The van der Waals surface area contributed by atoms with E-state index in [1.54, 1.807) is 0 Å². The zero-order valence-corrected chi connectivity index (χ0v) is 12.4. The Morgan fingerprint density at radius 2 is 2.00 bits per heavy atom. The van der Waals surface area contributed by atoms with Crippen molar-refractivity contribution in [3.8, 4) is 0 Å². The van der Waals surface area contributed by atoms with E-state index < -0.39 is 21.7 Å². The first-order chi connectivity index (χ1) is 8.69. The van der Waals surface area contributed by atoms with Gasteiger partial charge < -0.3 is 10.4 Å². The summed E-state index contributed by atoms with van der Waals surface area (Å²) < 4.78 is 22.3. The number of aromatic carboxylic acids is 1. The smallest absolute Gasteiger partial charge is 0.335 e. The zero-order valence-electron chi connectivity index (χ0n) is 10.0. The number of hydrogen-bond acceptors (Lipinski definition) is 4. The van der Waals surface area contributed by atoms with Gasteiger partial charge in [-0.15, -0.1) is 0 Å². The Bertz CT molecular complexity index is 612. The molecule has 104 valence electrons. The van der Waals surface area contributed by atoms with Gasteiger partial charge in [-0.25, -0.2) is 13.2 Å². The van der Waals surface area contributed by atoms with Crippen LogP contribution in [0.1, 0.15) is 16.8 Å². The van der Waals surface area contributed by atoms with Crippen LogP contribution in [0.15, 0.2) is 22.7 Å². The molecule has 1 rings (SSSR count). The van der Waals surface area contributed by atoms with Gasteiger partial charge in [0.2, 0.25) is 5.91 Å². The summed E-state index contributed by atoms with van der Waals surface area (Å²) in [6.07, 6.45) is 0.907. The van der Waals surface area contributed by atoms with Crippen molar-refractivity contribution in [1.29, 1.82) is 0 Å². The molecule has 0 aliphatic carbocycles. The molecular weight excluding hydrogens is 338 g/mol. The second kappa shape index (κ2) is 6.16. The molecule has 1 aromatic carbocycles. The van der Waals surface area contributed by atoms with E-state index in [1.165, 1.54) is 18.2 Å². The normalized spacial score (nSPS) is 11.1. The second-order valence-electron chi connectivity index (χ2n) is 3.93. The molecule has 2 N–H and O–H groups in total. The molecule has 0 fully saturated rings. The topological polar surface area (TPSA) is 101 Å². The first kappa shape index (κ1) is 15.6.